The standard InChI is InChI=1S/C14H18ClN/c1-4-16(5-2)10-6-7-13-8-9-14(15)12(3)11-13/h8-9,11H,4-5,10H2,1-3H3. The van der Waals surface area contributed by atoms with E-state index >= 15 is 0 Å². The summed E-state index contributed by atoms with van der Waals surface area (Å²) in [5.74, 6) is 6.34. The number of benzene rings is 1. The van der Waals surface area contributed by atoms with Crippen LogP contribution in [0.2, 0.25) is 5.02 Å². The van der Waals surface area contributed by atoms with Gasteiger partial charge in [0, 0.05) is 10.6 Å². The van der Waals surface area contributed by atoms with Crippen molar-refractivity contribution in [3.8, 4) is 11.8 Å². The van der Waals surface area contributed by atoms with Gasteiger partial charge in [-0.25, -0.2) is 0 Å². The van der Waals surface area contributed by atoms with E-state index in [4.69, 9.17) is 11.6 Å². The van der Waals surface area contributed by atoms with Crippen LogP contribution >= 0.6 is 11.6 Å². The molecule has 0 atom stereocenters. The summed E-state index contributed by atoms with van der Waals surface area (Å²) in [5, 5.41) is 0.800. The molecule has 0 bridgehead atoms. The molecule has 1 nitrogen and oxygen atoms in total. The van der Waals surface area contributed by atoms with E-state index in [0.29, 0.717) is 0 Å². The van der Waals surface area contributed by atoms with E-state index in [1.54, 1.807) is 0 Å². The normalized spacial score (nSPS) is 10.1. The van der Waals surface area contributed by atoms with Crippen molar-refractivity contribution in [2.45, 2.75) is 20.8 Å². The molecule has 2 heteroatoms. The van der Waals surface area contributed by atoms with Gasteiger partial charge < -0.3 is 0 Å². The first-order chi connectivity index (χ1) is 7.67. The van der Waals surface area contributed by atoms with Crippen LogP contribution in [0.5, 0.6) is 0 Å². The number of hydrogen-bond donors (Lipinski definition) is 0. The second kappa shape index (κ2) is 6.58. The van der Waals surface area contributed by atoms with Crippen LogP contribution in [0.15, 0.2) is 18.2 Å². The second-order valence-electron chi connectivity index (χ2n) is 3.73. The van der Waals surface area contributed by atoms with Crippen molar-refractivity contribution in [1.29, 1.82) is 0 Å². The van der Waals surface area contributed by atoms with E-state index < -0.39 is 0 Å². The first kappa shape index (κ1) is 13.1. The molecule has 0 heterocycles. The molecular formula is C14H18ClN. The van der Waals surface area contributed by atoms with E-state index in [0.717, 1.165) is 35.8 Å². The fourth-order valence-corrected chi connectivity index (χ4v) is 1.54. The van der Waals surface area contributed by atoms with Gasteiger partial charge in [0.25, 0.3) is 0 Å². The van der Waals surface area contributed by atoms with Gasteiger partial charge >= 0.3 is 0 Å². The van der Waals surface area contributed by atoms with Crippen molar-refractivity contribution in [2.24, 2.45) is 0 Å². The molecule has 0 N–H and O–H groups in total. The molecule has 0 unspecified atom stereocenters. The molecule has 0 aliphatic rings. The van der Waals surface area contributed by atoms with Crippen LogP contribution in [-0.2, 0) is 0 Å². The molecule has 0 saturated heterocycles. The highest BCUT2D eigenvalue weighted by atomic mass is 35.5. The predicted molar refractivity (Wildman–Crippen MR) is 70.9 cm³/mol. The molecular weight excluding hydrogens is 218 g/mol. The first-order valence-electron chi connectivity index (χ1n) is 5.64. The van der Waals surface area contributed by atoms with Crippen molar-refractivity contribution in [3.05, 3.63) is 34.3 Å². The lowest BCUT2D eigenvalue weighted by Gasteiger charge is -2.13. The number of hydrogen-bond acceptors (Lipinski definition) is 1. The molecule has 86 valence electrons. The van der Waals surface area contributed by atoms with Gasteiger partial charge in [0.15, 0.2) is 0 Å². The number of aryl methyl sites for hydroxylation is 1. The van der Waals surface area contributed by atoms with E-state index in [1.807, 2.05) is 25.1 Å². The van der Waals surface area contributed by atoms with Crippen molar-refractivity contribution in [3.63, 3.8) is 0 Å². The van der Waals surface area contributed by atoms with Crippen LogP contribution in [0.4, 0.5) is 0 Å². The van der Waals surface area contributed by atoms with Crippen LogP contribution in [-0.4, -0.2) is 24.5 Å². The van der Waals surface area contributed by atoms with Gasteiger partial charge in [0.1, 0.15) is 0 Å². The van der Waals surface area contributed by atoms with Gasteiger partial charge in [-0.2, -0.15) is 0 Å². The zero-order valence-electron chi connectivity index (χ0n) is 10.2. The van der Waals surface area contributed by atoms with Crippen molar-refractivity contribution >= 4 is 11.6 Å². The highest BCUT2D eigenvalue weighted by Crippen LogP contribution is 2.15. The Balaban J connectivity index is 2.66. The molecule has 0 radical (unpaired) electrons. The molecule has 0 aliphatic carbocycles. The summed E-state index contributed by atoms with van der Waals surface area (Å²) in [6, 6.07) is 5.89. The number of rotatable bonds is 3. The van der Waals surface area contributed by atoms with Crippen molar-refractivity contribution in [1.82, 2.24) is 4.90 Å². The van der Waals surface area contributed by atoms with Crippen LogP contribution < -0.4 is 0 Å². The summed E-state index contributed by atoms with van der Waals surface area (Å²) in [7, 11) is 0. The number of nitrogens with zero attached hydrogens (tertiary/aromatic N) is 1. The minimum atomic E-state index is 0.800. The minimum Gasteiger partial charge on any atom is -0.293 e. The Morgan fingerprint density at radius 1 is 1.25 bits per heavy atom. The molecule has 1 aromatic carbocycles. The Kier molecular flexibility index (Phi) is 5.38. The van der Waals surface area contributed by atoms with E-state index in [1.165, 1.54) is 0 Å². The smallest absolute Gasteiger partial charge is 0.0605 e. The molecule has 0 fully saturated rings. The van der Waals surface area contributed by atoms with Gasteiger partial charge in [-0.1, -0.05) is 37.3 Å². The topological polar surface area (TPSA) is 3.24 Å². The van der Waals surface area contributed by atoms with Gasteiger partial charge in [-0.05, 0) is 43.8 Å². The summed E-state index contributed by atoms with van der Waals surface area (Å²) in [5.41, 5.74) is 2.12. The van der Waals surface area contributed by atoms with Gasteiger partial charge in [0.05, 0.1) is 6.54 Å². The third kappa shape index (κ3) is 3.89. The maximum Gasteiger partial charge on any atom is 0.0605 e. The largest absolute Gasteiger partial charge is 0.293 e. The summed E-state index contributed by atoms with van der Waals surface area (Å²) < 4.78 is 0. The first-order valence-corrected chi connectivity index (χ1v) is 6.02. The fourth-order valence-electron chi connectivity index (χ4n) is 1.42. The maximum atomic E-state index is 5.95. The zero-order chi connectivity index (χ0) is 12.0. The molecule has 0 spiro atoms. The van der Waals surface area contributed by atoms with E-state index in [9.17, 15) is 0 Å². The average Bonchev–Trinajstić information content (AvgIpc) is 2.29. The lowest BCUT2D eigenvalue weighted by atomic mass is 10.1. The monoisotopic (exact) mass is 235 g/mol. The summed E-state index contributed by atoms with van der Waals surface area (Å²) in [4.78, 5) is 2.29. The molecule has 1 rings (SSSR count). The third-order valence-electron chi connectivity index (χ3n) is 2.59. The van der Waals surface area contributed by atoms with Crippen LogP contribution in [0.3, 0.4) is 0 Å². The SMILES string of the molecule is CCN(CC)CC#Cc1ccc(Cl)c(C)c1. The highest BCUT2D eigenvalue weighted by Gasteiger charge is 1.95. The van der Waals surface area contributed by atoms with E-state index in [2.05, 4.69) is 30.6 Å². The van der Waals surface area contributed by atoms with Gasteiger partial charge in [-0.3, -0.25) is 4.90 Å². The predicted octanol–water partition coefficient (Wildman–Crippen LogP) is 3.34. The Labute approximate surface area is 103 Å². The Morgan fingerprint density at radius 2 is 1.94 bits per heavy atom. The second-order valence-corrected chi connectivity index (χ2v) is 4.13. The lowest BCUT2D eigenvalue weighted by Crippen LogP contribution is -2.22. The van der Waals surface area contributed by atoms with Crippen molar-refractivity contribution in [2.75, 3.05) is 19.6 Å². The Bertz CT molecular complexity index is 397. The fraction of sp³-hybridized carbons (Fsp3) is 0.429. The molecule has 16 heavy (non-hydrogen) atoms. The highest BCUT2D eigenvalue weighted by molar-refractivity contribution is 6.31. The van der Waals surface area contributed by atoms with Gasteiger partial charge in [0.2, 0.25) is 0 Å². The minimum absolute atomic E-state index is 0.800. The molecule has 0 aliphatic heterocycles. The zero-order valence-corrected chi connectivity index (χ0v) is 10.9. The Hall–Kier alpha value is -0.970. The van der Waals surface area contributed by atoms with Crippen molar-refractivity contribution < 1.29 is 0 Å². The summed E-state index contributed by atoms with van der Waals surface area (Å²) >= 11 is 5.95. The van der Waals surface area contributed by atoms with Gasteiger partial charge in [-0.15, -0.1) is 0 Å². The molecule has 1 aromatic rings. The molecule has 0 saturated carbocycles. The molecule has 0 aromatic heterocycles. The maximum absolute atomic E-state index is 5.95. The lowest BCUT2D eigenvalue weighted by molar-refractivity contribution is 0.342. The quantitative estimate of drug-likeness (QED) is 0.727. The molecule has 0 amide bonds. The summed E-state index contributed by atoms with van der Waals surface area (Å²) in [6.45, 7) is 9.22. The van der Waals surface area contributed by atoms with Crippen LogP contribution in [0.25, 0.3) is 0 Å². The third-order valence-corrected chi connectivity index (χ3v) is 3.01. The Morgan fingerprint density at radius 3 is 2.50 bits per heavy atom. The van der Waals surface area contributed by atoms with E-state index in [-0.39, 0.29) is 0 Å². The average molecular weight is 236 g/mol. The van der Waals surface area contributed by atoms with Crippen LogP contribution in [0.1, 0.15) is 25.0 Å². The number of halogens is 1. The summed E-state index contributed by atoms with van der Waals surface area (Å²) in [6.07, 6.45) is 0. The van der Waals surface area contributed by atoms with Crippen LogP contribution in [0, 0.1) is 18.8 Å².